The molecule has 2 rings (SSSR count). The maximum Gasteiger partial charge on any atom is 0.224 e. The second kappa shape index (κ2) is 11.9. The lowest BCUT2D eigenvalue weighted by Gasteiger charge is -2.07. The topological polar surface area (TPSA) is 106 Å². The Bertz CT molecular complexity index is 849. The lowest BCUT2D eigenvalue weighted by Crippen LogP contribution is -2.12. The number of para-hydroxylation sites is 2. The molecule has 0 spiro atoms. The number of anilines is 2. The summed E-state index contributed by atoms with van der Waals surface area (Å²) in [5, 5.41) is 23.6. The van der Waals surface area contributed by atoms with Crippen LogP contribution >= 0.6 is 0 Å². The fourth-order valence-electron chi connectivity index (χ4n) is 2.91. The van der Waals surface area contributed by atoms with Crippen molar-refractivity contribution < 1.29 is 9.59 Å². The number of hydrogen-bond acceptors (Lipinski definition) is 4. The Morgan fingerprint density at radius 3 is 1.45 bits per heavy atom. The van der Waals surface area contributed by atoms with Gasteiger partial charge in [-0.15, -0.1) is 0 Å². The highest BCUT2D eigenvalue weighted by Gasteiger charge is 2.07. The quantitative estimate of drug-likeness (QED) is 0.573. The Balaban J connectivity index is 1.57. The molecular weight excluding hydrogens is 364 g/mol. The molecule has 0 unspecified atom stereocenters. The van der Waals surface area contributed by atoms with Gasteiger partial charge in [-0.25, -0.2) is 0 Å². The van der Waals surface area contributed by atoms with Crippen LogP contribution in [0, 0.1) is 22.7 Å². The van der Waals surface area contributed by atoms with Crippen LogP contribution in [0.3, 0.4) is 0 Å². The van der Waals surface area contributed by atoms with Gasteiger partial charge in [0.25, 0.3) is 0 Å². The lowest BCUT2D eigenvalue weighted by atomic mass is 10.1. The summed E-state index contributed by atoms with van der Waals surface area (Å²) in [6, 6.07) is 18.0. The van der Waals surface area contributed by atoms with Gasteiger partial charge in [0.1, 0.15) is 12.1 Å². The van der Waals surface area contributed by atoms with Gasteiger partial charge in [-0.2, -0.15) is 10.5 Å². The fourth-order valence-corrected chi connectivity index (χ4v) is 2.91. The van der Waals surface area contributed by atoms with E-state index in [-0.39, 0.29) is 11.8 Å². The average Bonchev–Trinajstić information content (AvgIpc) is 2.73. The Morgan fingerprint density at radius 2 is 1.03 bits per heavy atom. The van der Waals surface area contributed by atoms with Crippen LogP contribution in [0.25, 0.3) is 0 Å². The highest BCUT2D eigenvalue weighted by Crippen LogP contribution is 2.16. The van der Waals surface area contributed by atoms with Crippen molar-refractivity contribution >= 4 is 23.2 Å². The van der Waals surface area contributed by atoms with E-state index < -0.39 is 0 Å². The molecule has 148 valence electrons. The molecule has 2 N–H and O–H groups in total. The number of amides is 2. The molecule has 0 fully saturated rings. The van der Waals surface area contributed by atoms with Gasteiger partial charge in [0, 0.05) is 12.8 Å². The van der Waals surface area contributed by atoms with Crippen molar-refractivity contribution in [3.05, 3.63) is 59.7 Å². The minimum atomic E-state index is -0.0942. The van der Waals surface area contributed by atoms with E-state index in [1.807, 2.05) is 0 Å². The highest BCUT2D eigenvalue weighted by atomic mass is 16.2. The van der Waals surface area contributed by atoms with Gasteiger partial charge in [0.2, 0.25) is 11.8 Å². The van der Waals surface area contributed by atoms with Gasteiger partial charge < -0.3 is 10.6 Å². The van der Waals surface area contributed by atoms with E-state index in [9.17, 15) is 9.59 Å². The summed E-state index contributed by atoms with van der Waals surface area (Å²) < 4.78 is 0. The number of nitriles is 2. The van der Waals surface area contributed by atoms with Gasteiger partial charge >= 0.3 is 0 Å². The maximum absolute atomic E-state index is 12.0. The van der Waals surface area contributed by atoms with E-state index in [2.05, 4.69) is 22.8 Å². The number of benzene rings is 2. The standard InChI is InChI=1S/C23H24N4O2/c24-16-18-10-6-8-12-20(18)26-22(28)14-4-2-1-3-5-15-23(29)27-21-13-9-7-11-19(21)17-25/h6-13H,1-5,14-15H2,(H,26,28)(H,27,29). The van der Waals surface area contributed by atoms with Crippen molar-refractivity contribution in [1.29, 1.82) is 10.5 Å². The molecule has 0 aliphatic heterocycles. The van der Waals surface area contributed by atoms with Gasteiger partial charge in [-0.1, -0.05) is 43.5 Å². The first-order chi connectivity index (χ1) is 14.1. The van der Waals surface area contributed by atoms with Crippen molar-refractivity contribution in [3.63, 3.8) is 0 Å². The summed E-state index contributed by atoms with van der Waals surface area (Å²) >= 11 is 0. The molecule has 6 heteroatoms. The number of carbonyl (C=O) groups excluding carboxylic acids is 2. The Labute approximate surface area is 171 Å². The first-order valence-electron chi connectivity index (χ1n) is 9.72. The second-order valence-corrected chi connectivity index (χ2v) is 6.68. The zero-order valence-electron chi connectivity index (χ0n) is 16.3. The van der Waals surface area contributed by atoms with E-state index in [0.29, 0.717) is 35.3 Å². The van der Waals surface area contributed by atoms with Crippen LogP contribution in [0.2, 0.25) is 0 Å². The molecule has 2 aromatic rings. The Kier molecular flexibility index (Phi) is 8.92. The fraction of sp³-hybridized carbons (Fsp3) is 0.304. The minimum Gasteiger partial charge on any atom is -0.325 e. The van der Waals surface area contributed by atoms with Crippen LogP contribution in [0.1, 0.15) is 56.1 Å². The zero-order valence-corrected chi connectivity index (χ0v) is 16.3. The third-order valence-electron chi connectivity index (χ3n) is 4.45. The van der Waals surface area contributed by atoms with Gasteiger partial charge in [-0.3, -0.25) is 9.59 Å². The van der Waals surface area contributed by atoms with Crippen molar-refractivity contribution in [2.24, 2.45) is 0 Å². The zero-order chi connectivity index (χ0) is 20.9. The average molecular weight is 388 g/mol. The molecule has 0 atom stereocenters. The number of unbranched alkanes of at least 4 members (excludes halogenated alkanes) is 4. The van der Waals surface area contributed by atoms with E-state index >= 15 is 0 Å². The first-order valence-corrected chi connectivity index (χ1v) is 9.72. The number of nitrogens with one attached hydrogen (secondary N) is 2. The smallest absolute Gasteiger partial charge is 0.224 e. The van der Waals surface area contributed by atoms with Crippen LogP contribution < -0.4 is 10.6 Å². The lowest BCUT2D eigenvalue weighted by molar-refractivity contribution is -0.117. The van der Waals surface area contributed by atoms with E-state index in [1.165, 1.54) is 0 Å². The highest BCUT2D eigenvalue weighted by molar-refractivity contribution is 5.92. The second-order valence-electron chi connectivity index (χ2n) is 6.68. The summed E-state index contributed by atoms with van der Waals surface area (Å²) in [6.45, 7) is 0. The molecule has 2 aromatic carbocycles. The molecule has 0 aliphatic carbocycles. The molecule has 29 heavy (non-hydrogen) atoms. The molecule has 0 heterocycles. The summed E-state index contributed by atoms with van der Waals surface area (Å²) in [5.74, 6) is -0.188. The maximum atomic E-state index is 12.0. The Hall–Kier alpha value is -3.64. The van der Waals surface area contributed by atoms with Crippen molar-refractivity contribution in [2.45, 2.75) is 44.9 Å². The van der Waals surface area contributed by atoms with Crippen molar-refractivity contribution in [1.82, 2.24) is 0 Å². The molecular formula is C23H24N4O2. The number of hydrogen-bond donors (Lipinski definition) is 2. The van der Waals surface area contributed by atoms with Crippen LogP contribution in [-0.4, -0.2) is 11.8 Å². The molecule has 0 bridgehead atoms. The van der Waals surface area contributed by atoms with E-state index in [4.69, 9.17) is 10.5 Å². The van der Waals surface area contributed by atoms with Crippen LogP contribution in [0.5, 0.6) is 0 Å². The Morgan fingerprint density at radius 1 is 0.655 bits per heavy atom. The van der Waals surface area contributed by atoms with Gasteiger partial charge in [-0.05, 0) is 37.1 Å². The molecule has 2 amide bonds. The number of carbonyl (C=O) groups is 2. The normalized spacial score (nSPS) is 9.86. The third kappa shape index (κ3) is 7.48. The van der Waals surface area contributed by atoms with Crippen LogP contribution in [0.15, 0.2) is 48.5 Å². The molecule has 0 saturated heterocycles. The summed E-state index contributed by atoms with van der Waals surface area (Å²) in [4.78, 5) is 24.0. The SMILES string of the molecule is N#Cc1ccccc1NC(=O)CCCCCCCC(=O)Nc1ccccc1C#N. The first kappa shape index (κ1) is 21.7. The predicted octanol–water partition coefficient (Wildman–Crippen LogP) is 4.74. The van der Waals surface area contributed by atoms with Gasteiger partial charge in [0.05, 0.1) is 22.5 Å². The van der Waals surface area contributed by atoms with Crippen molar-refractivity contribution in [3.8, 4) is 12.1 Å². The predicted molar refractivity (Wildman–Crippen MR) is 112 cm³/mol. The molecule has 6 nitrogen and oxygen atoms in total. The minimum absolute atomic E-state index is 0.0942. The third-order valence-corrected chi connectivity index (χ3v) is 4.45. The van der Waals surface area contributed by atoms with Gasteiger partial charge in [0.15, 0.2) is 0 Å². The molecule has 0 saturated carbocycles. The van der Waals surface area contributed by atoms with E-state index in [0.717, 1.165) is 32.1 Å². The van der Waals surface area contributed by atoms with Crippen LogP contribution in [-0.2, 0) is 9.59 Å². The summed E-state index contributed by atoms with van der Waals surface area (Å²) in [7, 11) is 0. The van der Waals surface area contributed by atoms with Crippen LogP contribution in [0.4, 0.5) is 11.4 Å². The largest absolute Gasteiger partial charge is 0.325 e. The molecule has 0 aliphatic rings. The molecule has 0 radical (unpaired) electrons. The van der Waals surface area contributed by atoms with E-state index in [1.54, 1.807) is 48.5 Å². The van der Waals surface area contributed by atoms with Crippen molar-refractivity contribution in [2.75, 3.05) is 10.6 Å². The summed E-state index contributed by atoms with van der Waals surface area (Å²) in [5.41, 5.74) is 2.00. The number of nitrogens with zero attached hydrogens (tertiary/aromatic N) is 2. The molecule has 0 aromatic heterocycles. The monoisotopic (exact) mass is 388 g/mol. The number of rotatable bonds is 10. The summed E-state index contributed by atoms with van der Waals surface area (Å²) in [6.07, 6.45) is 5.11.